The Hall–Kier alpha value is -0.830. The molecule has 1 N–H and O–H groups in total. The van der Waals surface area contributed by atoms with E-state index in [0.717, 1.165) is 37.5 Å². The van der Waals surface area contributed by atoms with E-state index in [9.17, 15) is 0 Å². The van der Waals surface area contributed by atoms with Gasteiger partial charge in [0.15, 0.2) is 5.89 Å². The van der Waals surface area contributed by atoms with Gasteiger partial charge in [-0.15, -0.1) is 0 Å². The smallest absolute Gasteiger partial charge is 0.195 e. The molecule has 0 saturated carbocycles. The SMILES string of the molecule is CCCc1cnc(CCNC(C)(C)C)o1. The van der Waals surface area contributed by atoms with Crippen molar-refractivity contribution in [3.63, 3.8) is 0 Å². The first-order chi connectivity index (χ1) is 7.01. The van der Waals surface area contributed by atoms with Gasteiger partial charge in [0.2, 0.25) is 0 Å². The Morgan fingerprint density at radius 1 is 1.33 bits per heavy atom. The second-order valence-corrected chi connectivity index (χ2v) is 4.90. The monoisotopic (exact) mass is 210 g/mol. The van der Waals surface area contributed by atoms with E-state index < -0.39 is 0 Å². The van der Waals surface area contributed by atoms with Crippen LogP contribution in [0, 0.1) is 0 Å². The van der Waals surface area contributed by atoms with Crippen molar-refractivity contribution in [1.82, 2.24) is 10.3 Å². The number of aromatic nitrogens is 1. The van der Waals surface area contributed by atoms with E-state index in [-0.39, 0.29) is 5.54 Å². The van der Waals surface area contributed by atoms with Crippen LogP contribution in [-0.4, -0.2) is 17.1 Å². The standard InChI is InChI=1S/C12H22N2O/c1-5-6-10-9-13-11(15-10)7-8-14-12(2,3)4/h9,14H,5-8H2,1-4H3. The fourth-order valence-electron chi connectivity index (χ4n) is 1.37. The van der Waals surface area contributed by atoms with Gasteiger partial charge in [-0.2, -0.15) is 0 Å². The molecule has 1 rings (SSSR count). The average Bonchev–Trinajstić information content (AvgIpc) is 2.51. The van der Waals surface area contributed by atoms with E-state index in [0.29, 0.717) is 0 Å². The molecule has 0 radical (unpaired) electrons. The molecule has 0 aliphatic heterocycles. The summed E-state index contributed by atoms with van der Waals surface area (Å²) in [4.78, 5) is 4.25. The molecule has 1 aromatic heterocycles. The van der Waals surface area contributed by atoms with Crippen molar-refractivity contribution >= 4 is 0 Å². The summed E-state index contributed by atoms with van der Waals surface area (Å²) >= 11 is 0. The topological polar surface area (TPSA) is 38.1 Å². The summed E-state index contributed by atoms with van der Waals surface area (Å²) in [6, 6.07) is 0. The second-order valence-electron chi connectivity index (χ2n) is 4.90. The highest BCUT2D eigenvalue weighted by Gasteiger charge is 2.09. The van der Waals surface area contributed by atoms with Crippen LogP contribution in [0.15, 0.2) is 10.6 Å². The van der Waals surface area contributed by atoms with E-state index >= 15 is 0 Å². The summed E-state index contributed by atoms with van der Waals surface area (Å²) in [7, 11) is 0. The molecule has 0 atom stereocenters. The van der Waals surface area contributed by atoms with Crippen molar-refractivity contribution in [2.75, 3.05) is 6.54 Å². The van der Waals surface area contributed by atoms with Crippen molar-refractivity contribution in [3.05, 3.63) is 17.8 Å². The Morgan fingerprint density at radius 3 is 2.67 bits per heavy atom. The van der Waals surface area contributed by atoms with Gasteiger partial charge in [0.25, 0.3) is 0 Å². The molecular weight excluding hydrogens is 188 g/mol. The molecule has 0 aliphatic carbocycles. The number of nitrogens with zero attached hydrogens (tertiary/aromatic N) is 1. The molecule has 1 aromatic rings. The normalized spacial score (nSPS) is 12.0. The van der Waals surface area contributed by atoms with E-state index in [1.54, 1.807) is 0 Å². The number of hydrogen-bond donors (Lipinski definition) is 1. The third-order valence-corrected chi connectivity index (χ3v) is 2.09. The molecule has 15 heavy (non-hydrogen) atoms. The Labute approximate surface area is 92.3 Å². The molecule has 0 fully saturated rings. The average molecular weight is 210 g/mol. The maximum Gasteiger partial charge on any atom is 0.195 e. The lowest BCUT2D eigenvalue weighted by Gasteiger charge is -2.19. The molecule has 0 bridgehead atoms. The summed E-state index contributed by atoms with van der Waals surface area (Å²) < 4.78 is 5.59. The van der Waals surface area contributed by atoms with Crippen LogP contribution in [0.2, 0.25) is 0 Å². The molecule has 86 valence electrons. The van der Waals surface area contributed by atoms with Crippen LogP contribution in [0.25, 0.3) is 0 Å². The van der Waals surface area contributed by atoms with E-state index in [2.05, 4.69) is 38.0 Å². The number of oxazole rings is 1. The quantitative estimate of drug-likeness (QED) is 0.811. The van der Waals surface area contributed by atoms with Gasteiger partial charge in [0.1, 0.15) is 5.76 Å². The predicted octanol–water partition coefficient (Wildman–Crippen LogP) is 2.56. The highest BCUT2D eigenvalue weighted by atomic mass is 16.4. The summed E-state index contributed by atoms with van der Waals surface area (Å²) in [6.45, 7) is 9.53. The van der Waals surface area contributed by atoms with Gasteiger partial charge < -0.3 is 9.73 Å². The molecular formula is C12H22N2O. The third-order valence-electron chi connectivity index (χ3n) is 2.09. The zero-order valence-corrected chi connectivity index (χ0v) is 10.3. The van der Waals surface area contributed by atoms with Crippen LogP contribution in [0.4, 0.5) is 0 Å². The first kappa shape index (κ1) is 12.2. The van der Waals surface area contributed by atoms with Crippen molar-refractivity contribution < 1.29 is 4.42 Å². The summed E-state index contributed by atoms with van der Waals surface area (Å²) in [5.74, 6) is 1.85. The van der Waals surface area contributed by atoms with Gasteiger partial charge in [-0.05, 0) is 27.2 Å². The van der Waals surface area contributed by atoms with E-state index in [4.69, 9.17) is 4.42 Å². The lowest BCUT2D eigenvalue weighted by Crippen LogP contribution is -2.37. The Kier molecular flexibility index (Phi) is 4.33. The van der Waals surface area contributed by atoms with Gasteiger partial charge in [-0.1, -0.05) is 6.92 Å². The number of rotatable bonds is 5. The highest BCUT2D eigenvalue weighted by molar-refractivity contribution is 4.94. The molecule has 0 spiro atoms. The first-order valence-electron chi connectivity index (χ1n) is 5.70. The zero-order chi connectivity index (χ0) is 11.3. The van der Waals surface area contributed by atoms with Gasteiger partial charge in [-0.25, -0.2) is 4.98 Å². The molecule has 1 heterocycles. The van der Waals surface area contributed by atoms with Crippen molar-refractivity contribution in [3.8, 4) is 0 Å². The van der Waals surface area contributed by atoms with Gasteiger partial charge in [0, 0.05) is 24.9 Å². The Balaban J connectivity index is 2.31. The minimum absolute atomic E-state index is 0.166. The number of aryl methyl sites for hydroxylation is 1. The second kappa shape index (κ2) is 5.31. The molecule has 0 amide bonds. The summed E-state index contributed by atoms with van der Waals surface area (Å²) in [5.41, 5.74) is 0.166. The van der Waals surface area contributed by atoms with Gasteiger partial charge in [0.05, 0.1) is 6.20 Å². The molecule has 0 saturated heterocycles. The maximum atomic E-state index is 5.59. The third kappa shape index (κ3) is 4.98. The fraction of sp³-hybridized carbons (Fsp3) is 0.750. The lowest BCUT2D eigenvalue weighted by molar-refractivity contribution is 0.401. The predicted molar refractivity (Wildman–Crippen MR) is 62.0 cm³/mol. The maximum absolute atomic E-state index is 5.59. The first-order valence-corrected chi connectivity index (χ1v) is 5.70. The molecule has 0 aromatic carbocycles. The molecule has 0 unspecified atom stereocenters. The van der Waals surface area contributed by atoms with Crippen LogP contribution < -0.4 is 5.32 Å². The Morgan fingerprint density at radius 2 is 2.07 bits per heavy atom. The minimum atomic E-state index is 0.166. The van der Waals surface area contributed by atoms with Crippen LogP contribution in [0.1, 0.15) is 45.8 Å². The summed E-state index contributed by atoms with van der Waals surface area (Å²) in [6.07, 6.45) is 4.80. The lowest BCUT2D eigenvalue weighted by atomic mass is 10.1. The number of nitrogens with one attached hydrogen (secondary N) is 1. The molecule has 0 aliphatic rings. The van der Waals surface area contributed by atoms with Crippen molar-refractivity contribution in [1.29, 1.82) is 0 Å². The van der Waals surface area contributed by atoms with Crippen LogP contribution in [-0.2, 0) is 12.8 Å². The van der Waals surface area contributed by atoms with E-state index in [1.807, 2.05) is 6.20 Å². The number of hydrogen-bond acceptors (Lipinski definition) is 3. The van der Waals surface area contributed by atoms with Gasteiger partial charge in [-0.3, -0.25) is 0 Å². The zero-order valence-electron chi connectivity index (χ0n) is 10.3. The van der Waals surface area contributed by atoms with Crippen LogP contribution in [0.5, 0.6) is 0 Å². The molecule has 3 nitrogen and oxygen atoms in total. The van der Waals surface area contributed by atoms with Crippen molar-refractivity contribution in [2.45, 2.75) is 52.5 Å². The van der Waals surface area contributed by atoms with Crippen LogP contribution in [0.3, 0.4) is 0 Å². The largest absolute Gasteiger partial charge is 0.446 e. The van der Waals surface area contributed by atoms with Crippen molar-refractivity contribution in [2.24, 2.45) is 0 Å². The van der Waals surface area contributed by atoms with Crippen LogP contribution >= 0.6 is 0 Å². The van der Waals surface area contributed by atoms with Gasteiger partial charge >= 0.3 is 0 Å². The summed E-state index contributed by atoms with van der Waals surface area (Å²) in [5, 5.41) is 3.41. The van der Waals surface area contributed by atoms with E-state index in [1.165, 1.54) is 0 Å². The fourth-order valence-corrected chi connectivity index (χ4v) is 1.37. The molecule has 3 heteroatoms. The minimum Gasteiger partial charge on any atom is -0.446 e. The highest BCUT2D eigenvalue weighted by Crippen LogP contribution is 2.07. The Bertz CT molecular complexity index is 286.